The fourth-order valence-corrected chi connectivity index (χ4v) is 4.33. The molecule has 0 aromatic heterocycles. The molecule has 3 aliphatic carbocycles. The zero-order valence-electron chi connectivity index (χ0n) is 11.8. The SMILES string of the molecule is O=C(O)[C@@H]1C2C=CC(C2)[C@@H]1C(=O)NCCC1CCCC1. The maximum Gasteiger partial charge on any atom is 0.307 e. The third kappa shape index (κ3) is 2.48. The summed E-state index contributed by atoms with van der Waals surface area (Å²) in [7, 11) is 0. The standard InChI is InChI=1S/C16H23NO3/c18-15(17-8-7-10-3-1-2-4-10)13-11-5-6-12(9-11)14(13)16(19)20/h5-6,10-14H,1-4,7-9H2,(H,17,18)(H,19,20)/t11?,12?,13-,14+/m0/s1. The fraction of sp³-hybridized carbons (Fsp3) is 0.750. The predicted molar refractivity (Wildman–Crippen MR) is 74.9 cm³/mol. The normalized spacial score (nSPS) is 35.6. The van der Waals surface area contributed by atoms with Crippen molar-refractivity contribution in [2.75, 3.05) is 6.54 Å². The van der Waals surface area contributed by atoms with E-state index in [1.807, 2.05) is 12.2 Å². The van der Waals surface area contributed by atoms with Crippen molar-refractivity contribution in [3.8, 4) is 0 Å². The Morgan fingerprint density at radius 2 is 1.75 bits per heavy atom. The van der Waals surface area contributed by atoms with Crippen LogP contribution in [0.25, 0.3) is 0 Å². The van der Waals surface area contributed by atoms with Crippen LogP contribution in [0.3, 0.4) is 0 Å². The molecule has 0 radical (unpaired) electrons. The number of aliphatic carboxylic acids is 1. The number of rotatable bonds is 5. The van der Waals surface area contributed by atoms with Crippen LogP contribution in [0.4, 0.5) is 0 Å². The summed E-state index contributed by atoms with van der Waals surface area (Å²) in [5.74, 6) is -0.797. The second-order valence-corrected chi connectivity index (χ2v) is 6.57. The van der Waals surface area contributed by atoms with Crippen LogP contribution in [-0.2, 0) is 9.59 Å². The lowest BCUT2D eigenvalue weighted by atomic mass is 9.82. The van der Waals surface area contributed by atoms with Crippen molar-refractivity contribution in [1.82, 2.24) is 5.32 Å². The number of allylic oxidation sites excluding steroid dienone is 2. The fourth-order valence-electron chi connectivity index (χ4n) is 4.33. The quantitative estimate of drug-likeness (QED) is 0.757. The van der Waals surface area contributed by atoms with E-state index >= 15 is 0 Å². The first-order chi connectivity index (χ1) is 9.66. The lowest BCUT2D eigenvalue weighted by molar-refractivity contribution is -0.147. The van der Waals surface area contributed by atoms with Crippen LogP contribution >= 0.6 is 0 Å². The van der Waals surface area contributed by atoms with Gasteiger partial charge in [0.25, 0.3) is 0 Å². The zero-order chi connectivity index (χ0) is 14.1. The van der Waals surface area contributed by atoms with E-state index in [0.29, 0.717) is 6.54 Å². The molecule has 4 heteroatoms. The van der Waals surface area contributed by atoms with E-state index in [4.69, 9.17) is 0 Å². The number of hydrogen-bond donors (Lipinski definition) is 2. The average Bonchev–Trinajstić information content (AvgIpc) is 3.13. The average molecular weight is 277 g/mol. The van der Waals surface area contributed by atoms with Crippen LogP contribution in [0.1, 0.15) is 38.5 Å². The molecule has 4 nitrogen and oxygen atoms in total. The number of carboxylic acid groups (broad SMARTS) is 1. The van der Waals surface area contributed by atoms with Gasteiger partial charge in [-0.2, -0.15) is 0 Å². The summed E-state index contributed by atoms with van der Waals surface area (Å²) in [4.78, 5) is 23.7. The molecule has 0 aromatic rings. The van der Waals surface area contributed by atoms with Crippen molar-refractivity contribution in [2.24, 2.45) is 29.6 Å². The van der Waals surface area contributed by atoms with Crippen LogP contribution in [0.5, 0.6) is 0 Å². The van der Waals surface area contributed by atoms with Gasteiger partial charge in [0.1, 0.15) is 0 Å². The maximum absolute atomic E-state index is 12.3. The molecule has 2 bridgehead atoms. The van der Waals surface area contributed by atoms with Gasteiger partial charge in [0, 0.05) is 6.54 Å². The summed E-state index contributed by atoms with van der Waals surface area (Å²) in [5.41, 5.74) is 0. The van der Waals surface area contributed by atoms with E-state index in [1.54, 1.807) is 0 Å². The van der Waals surface area contributed by atoms with Gasteiger partial charge in [-0.15, -0.1) is 0 Å². The lowest BCUT2D eigenvalue weighted by Gasteiger charge is -2.24. The van der Waals surface area contributed by atoms with Crippen LogP contribution in [0, 0.1) is 29.6 Å². The van der Waals surface area contributed by atoms with Crippen molar-refractivity contribution >= 4 is 11.9 Å². The van der Waals surface area contributed by atoms with Crippen LogP contribution in [0.15, 0.2) is 12.2 Å². The Bertz CT molecular complexity index is 425. The Kier molecular flexibility index (Phi) is 3.81. The topological polar surface area (TPSA) is 66.4 Å². The second kappa shape index (κ2) is 5.58. The molecular formula is C16H23NO3. The zero-order valence-corrected chi connectivity index (χ0v) is 11.8. The second-order valence-electron chi connectivity index (χ2n) is 6.57. The first-order valence-electron chi connectivity index (χ1n) is 7.85. The van der Waals surface area contributed by atoms with Gasteiger partial charge in [-0.1, -0.05) is 37.8 Å². The molecule has 0 spiro atoms. The molecule has 4 atom stereocenters. The van der Waals surface area contributed by atoms with E-state index in [-0.39, 0.29) is 23.7 Å². The highest BCUT2D eigenvalue weighted by atomic mass is 16.4. The van der Waals surface area contributed by atoms with Gasteiger partial charge < -0.3 is 10.4 Å². The highest BCUT2D eigenvalue weighted by molar-refractivity contribution is 5.86. The molecule has 0 aromatic carbocycles. The molecule has 110 valence electrons. The Balaban J connectivity index is 1.53. The van der Waals surface area contributed by atoms with Crippen LogP contribution in [0.2, 0.25) is 0 Å². The molecule has 2 fully saturated rings. The molecule has 2 unspecified atom stereocenters. The highest BCUT2D eigenvalue weighted by Crippen LogP contribution is 2.48. The molecule has 2 N–H and O–H groups in total. The highest BCUT2D eigenvalue weighted by Gasteiger charge is 2.51. The summed E-state index contributed by atoms with van der Waals surface area (Å²) in [5, 5.41) is 12.3. The minimum Gasteiger partial charge on any atom is -0.481 e. The van der Waals surface area contributed by atoms with Gasteiger partial charge >= 0.3 is 5.97 Å². The summed E-state index contributed by atoms with van der Waals surface area (Å²) < 4.78 is 0. The van der Waals surface area contributed by atoms with Crippen molar-refractivity contribution in [3.63, 3.8) is 0 Å². The van der Waals surface area contributed by atoms with E-state index in [1.165, 1.54) is 25.7 Å². The number of carbonyl (C=O) groups is 2. The van der Waals surface area contributed by atoms with E-state index in [2.05, 4.69) is 5.32 Å². The van der Waals surface area contributed by atoms with Crippen LogP contribution < -0.4 is 5.32 Å². The predicted octanol–water partition coefficient (Wildman–Crippen LogP) is 2.21. The van der Waals surface area contributed by atoms with Crippen LogP contribution in [-0.4, -0.2) is 23.5 Å². The summed E-state index contributed by atoms with van der Waals surface area (Å²) in [6.45, 7) is 0.702. The molecule has 0 heterocycles. The minimum absolute atomic E-state index is 0.0488. The first kappa shape index (κ1) is 13.7. The molecule has 0 saturated heterocycles. The van der Waals surface area contributed by atoms with Gasteiger partial charge in [-0.05, 0) is 30.6 Å². The van der Waals surface area contributed by atoms with E-state index in [9.17, 15) is 14.7 Å². The molecule has 2 saturated carbocycles. The number of fused-ring (bicyclic) bond motifs is 2. The Hall–Kier alpha value is -1.32. The van der Waals surface area contributed by atoms with Gasteiger partial charge in [0.2, 0.25) is 5.91 Å². The first-order valence-corrected chi connectivity index (χ1v) is 7.85. The number of nitrogens with one attached hydrogen (secondary N) is 1. The van der Waals surface area contributed by atoms with Crippen molar-refractivity contribution in [1.29, 1.82) is 0 Å². The molecule has 3 rings (SSSR count). The van der Waals surface area contributed by atoms with Gasteiger partial charge in [0.15, 0.2) is 0 Å². The third-order valence-electron chi connectivity index (χ3n) is 5.37. The summed E-state index contributed by atoms with van der Waals surface area (Å²) in [6.07, 6.45) is 11.1. The van der Waals surface area contributed by atoms with Gasteiger partial charge in [-0.3, -0.25) is 9.59 Å². The number of amides is 1. The monoisotopic (exact) mass is 277 g/mol. The van der Waals surface area contributed by atoms with Gasteiger partial charge in [0.05, 0.1) is 11.8 Å². The lowest BCUT2D eigenvalue weighted by Crippen LogP contribution is -2.40. The molecular weight excluding hydrogens is 254 g/mol. The molecule has 1 amide bonds. The number of carbonyl (C=O) groups excluding carboxylic acids is 1. The molecule has 20 heavy (non-hydrogen) atoms. The van der Waals surface area contributed by atoms with Crippen molar-refractivity contribution < 1.29 is 14.7 Å². The molecule has 3 aliphatic rings. The summed E-state index contributed by atoms with van der Waals surface area (Å²) >= 11 is 0. The third-order valence-corrected chi connectivity index (χ3v) is 5.37. The van der Waals surface area contributed by atoms with E-state index in [0.717, 1.165) is 18.8 Å². The largest absolute Gasteiger partial charge is 0.481 e. The number of carboxylic acids is 1. The summed E-state index contributed by atoms with van der Waals surface area (Å²) in [6, 6.07) is 0. The Labute approximate surface area is 119 Å². The number of hydrogen-bond acceptors (Lipinski definition) is 2. The van der Waals surface area contributed by atoms with Crippen molar-refractivity contribution in [3.05, 3.63) is 12.2 Å². The Morgan fingerprint density at radius 3 is 2.40 bits per heavy atom. The molecule has 0 aliphatic heterocycles. The van der Waals surface area contributed by atoms with E-state index < -0.39 is 11.9 Å². The van der Waals surface area contributed by atoms with Crippen molar-refractivity contribution in [2.45, 2.75) is 38.5 Å². The Morgan fingerprint density at radius 1 is 1.10 bits per heavy atom. The van der Waals surface area contributed by atoms with Gasteiger partial charge in [-0.25, -0.2) is 0 Å². The minimum atomic E-state index is -0.821. The maximum atomic E-state index is 12.3. The smallest absolute Gasteiger partial charge is 0.307 e.